The molecule has 1 aliphatic heterocycles. The number of amides is 2. The zero-order valence-corrected chi connectivity index (χ0v) is 16.6. The molecule has 0 aliphatic carbocycles. The molecule has 1 aliphatic rings. The van der Waals surface area contributed by atoms with Crippen LogP contribution in [0.25, 0.3) is 0 Å². The number of likely N-dealkylation sites (N-methyl/N-ethyl adjacent to an activating group) is 1. The number of nitrogens with one attached hydrogen (secondary N) is 2. The molecule has 4 rings (SSSR count). The highest BCUT2D eigenvalue weighted by molar-refractivity contribution is 5.98. The number of aromatic nitrogens is 3. The van der Waals surface area contributed by atoms with E-state index in [-0.39, 0.29) is 17.6 Å². The summed E-state index contributed by atoms with van der Waals surface area (Å²) in [5.41, 5.74) is 1.37. The van der Waals surface area contributed by atoms with E-state index >= 15 is 0 Å². The summed E-state index contributed by atoms with van der Waals surface area (Å²) in [6.45, 7) is 1.43. The fraction of sp³-hybridized carbons (Fsp3) is 0.300. The predicted molar refractivity (Wildman–Crippen MR) is 104 cm³/mol. The van der Waals surface area contributed by atoms with Crippen molar-refractivity contribution in [3.05, 3.63) is 65.6 Å². The first kappa shape index (κ1) is 20.8. The van der Waals surface area contributed by atoms with Crippen molar-refractivity contribution in [2.75, 3.05) is 24.2 Å². The second-order valence-electron chi connectivity index (χ2n) is 7.24. The number of halogens is 3. The second kappa shape index (κ2) is 8.34. The van der Waals surface area contributed by atoms with Crippen LogP contribution < -0.4 is 15.3 Å². The molecule has 162 valence electrons. The Balaban J connectivity index is 1.40. The third kappa shape index (κ3) is 4.82. The third-order valence-corrected chi connectivity index (χ3v) is 5.10. The molecule has 0 fully saturated rings. The van der Waals surface area contributed by atoms with E-state index in [2.05, 4.69) is 37.9 Å². The Kier molecular flexibility index (Phi) is 5.59. The highest BCUT2D eigenvalue weighted by atomic mass is 19.4. The Hall–Kier alpha value is -3.47. The van der Waals surface area contributed by atoms with Crippen LogP contribution >= 0.6 is 0 Å². The normalized spacial score (nSPS) is 16.6. The first-order valence-corrected chi connectivity index (χ1v) is 9.55. The summed E-state index contributed by atoms with van der Waals surface area (Å²) in [6.07, 6.45) is -1.13. The van der Waals surface area contributed by atoms with Gasteiger partial charge in [0.2, 0.25) is 5.27 Å². The van der Waals surface area contributed by atoms with E-state index in [1.165, 1.54) is 23.4 Å². The molecule has 2 aromatic heterocycles. The molecular weight excluding hydrogens is 413 g/mol. The number of benzene rings is 1. The molecule has 2 amide bonds. The number of carbonyl (C=O) groups is 1. The zero-order valence-electron chi connectivity index (χ0n) is 16.6. The van der Waals surface area contributed by atoms with E-state index in [1.54, 1.807) is 4.68 Å². The molecule has 0 spiro atoms. The van der Waals surface area contributed by atoms with E-state index in [0.29, 0.717) is 6.54 Å². The van der Waals surface area contributed by atoms with Gasteiger partial charge in [-0.25, -0.2) is 4.79 Å². The van der Waals surface area contributed by atoms with Crippen molar-refractivity contribution in [2.24, 2.45) is 0 Å². The molecule has 3 aromatic rings. The van der Waals surface area contributed by atoms with Gasteiger partial charge in [0, 0.05) is 18.4 Å². The van der Waals surface area contributed by atoms with E-state index in [9.17, 15) is 18.0 Å². The molecule has 0 saturated heterocycles. The van der Waals surface area contributed by atoms with Gasteiger partial charge in [-0.1, -0.05) is 24.3 Å². The molecule has 1 aromatic carbocycles. The largest absolute Gasteiger partial charge is 0.433 e. The Labute approximate surface area is 175 Å². The van der Waals surface area contributed by atoms with Crippen molar-refractivity contribution < 1.29 is 27.2 Å². The van der Waals surface area contributed by atoms with Crippen molar-refractivity contribution in [2.45, 2.75) is 25.2 Å². The molecule has 0 bridgehead atoms. The summed E-state index contributed by atoms with van der Waals surface area (Å²) in [4.78, 5) is 17.6. The van der Waals surface area contributed by atoms with Gasteiger partial charge in [-0.05, 0) is 41.4 Å². The van der Waals surface area contributed by atoms with E-state index in [1.807, 2.05) is 19.2 Å². The van der Waals surface area contributed by atoms with Crippen LogP contribution in [0.2, 0.25) is 0 Å². The van der Waals surface area contributed by atoms with Gasteiger partial charge < -0.3 is 5.32 Å². The minimum Gasteiger partial charge on any atom is -0.308 e. The van der Waals surface area contributed by atoms with Crippen molar-refractivity contribution in [1.29, 1.82) is 0 Å². The molecule has 31 heavy (non-hydrogen) atoms. The lowest BCUT2D eigenvalue weighted by Gasteiger charge is -2.31. The Bertz CT molecular complexity index is 1080. The van der Waals surface area contributed by atoms with Crippen LogP contribution in [0.3, 0.4) is 0 Å². The van der Waals surface area contributed by atoms with Gasteiger partial charge in [0.25, 0.3) is 6.20 Å². The molecule has 2 N–H and O–H groups in total. The predicted octanol–water partition coefficient (Wildman–Crippen LogP) is 3.25. The Morgan fingerprint density at radius 3 is 2.90 bits per heavy atom. The Morgan fingerprint density at radius 1 is 1.29 bits per heavy atom. The second-order valence-corrected chi connectivity index (χ2v) is 7.24. The number of nitrogens with zero attached hydrogens (tertiary/aromatic N) is 4. The zero-order chi connectivity index (χ0) is 22.0. The molecule has 3 heterocycles. The molecule has 1 unspecified atom stereocenters. The third-order valence-electron chi connectivity index (χ3n) is 5.10. The highest BCUT2D eigenvalue weighted by Crippen LogP contribution is 2.29. The first-order valence-electron chi connectivity index (χ1n) is 9.55. The van der Waals surface area contributed by atoms with Crippen LogP contribution in [0, 0.1) is 0 Å². The fourth-order valence-corrected chi connectivity index (χ4v) is 3.55. The molecule has 0 radical (unpaired) electrons. The smallest absolute Gasteiger partial charge is 0.308 e. The number of hydrogen-bond acceptors (Lipinski definition) is 5. The van der Waals surface area contributed by atoms with Crippen molar-refractivity contribution in [3.63, 3.8) is 0 Å². The van der Waals surface area contributed by atoms with Gasteiger partial charge >= 0.3 is 18.1 Å². The summed E-state index contributed by atoms with van der Waals surface area (Å²) >= 11 is 0. The van der Waals surface area contributed by atoms with Crippen molar-refractivity contribution >= 4 is 17.6 Å². The molecule has 1 atom stereocenters. The molecule has 0 saturated carbocycles. The standard InChI is InChI=1S/C20H19F3N6O2/c1-28-9-7-13-4-2-3-5-15(13)16(28)11-29-12-18(31-27-29)26-19(30)25-14-6-8-24-17(10-14)20(21,22)23/h2-6,8,10,12,16H,7,9,11H2,1H3,(H-,24,25,26,27,30)/p+1. The van der Waals surface area contributed by atoms with Crippen molar-refractivity contribution in [3.8, 4) is 0 Å². The lowest BCUT2D eigenvalue weighted by atomic mass is 9.93. The van der Waals surface area contributed by atoms with Crippen molar-refractivity contribution in [1.82, 2.24) is 15.2 Å². The number of rotatable bonds is 4. The Morgan fingerprint density at radius 2 is 2.10 bits per heavy atom. The van der Waals surface area contributed by atoms with Gasteiger partial charge in [-0.15, -0.1) is 0 Å². The molecular formula is C20H20F3N6O2+. The first-order chi connectivity index (χ1) is 14.8. The van der Waals surface area contributed by atoms with Gasteiger partial charge in [0.1, 0.15) is 5.69 Å². The average Bonchev–Trinajstić information content (AvgIpc) is 3.16. The van der Waals surface area contributed by atoms with Crippen LogP contribution in [-0.4, -0.2) is 34.8 Å². The summed E-state index contributed by atoms with van der Waals surface area (Å²) in [7, 11) is 2.04. The number of hydrogen-bond donors (Lipinski definition) is 2. The van der Waals surface area contributed by atoms with E-state index in [4.69, 9.17) is 4.52 Å². The molecule has 8 nitrogen and oxygen atoms in total. The van der Waals surface area contributed by atoms with Crippen LogP contribution in [0.4, 0.5) is 29.5 Å². The number of urea groups is 1. The van der Waals surface area contributed by atoms with E-state index < -0.39 is 17.9 Å². The van der Waals surface area contributed by atoms with Crippen LogP contribution in [-0.2, 0) is 19.1 Å². The van der Waals surface area contributed by atoms with Gasteiger partial charge in [0.05, 0.1) is 6.04 Å². The minimum atomic E-state index is -4.60. The monoisotopic (exact) mass is 433 g/mol. The lowest BCUT2D eigenvalue weighted by Crippen LogP contribution is -2.45. The van der Waals surface area contributed by atoms with Gasteiger partial charge in [-0.3, -0.25) is 19.7 Å². The molecule has 11 heteroatoms. The SMILES string of the molecule is CN1CCc2ccccc2C1C[n+]1cc(NC(=O)Nc2ccnc(C(F)(F)F)c2)on1. The number of alkyl halides is 3. The summed E-state index contributed by atoms with van der Waals surface area (Å²) < 4.78 is 45.0. The topological polar surface area (TPSA) is 87.2 Å². The summed E-state index contributed by atoms with van der Waals surface area (Å²) in [5.74, 6) is 0.0642. The van der Waals surface area contributed by atoms with Crippen LogP contribution in [0.1, 0.15) is 22.9 Å². The van der Waals surface area contributed by atoms with Crippen LogP contribution in [0.15, 0.2) is 53.3 Å². The minimum absolute atomic E-state index is 0.0485. The maximum absolute atomic E-state index is 12.7. The maximum Gasteiger partial charge on any atom is 0.433 e. The number of pyridine rings is 1. The van der Waals surface area contributed by atoms with E-state index in [0.717, 1.165) is 25.2 Å². The quantitative estimate of drug-likeness (QED) is 0.617. The van der Waals surface area contributed by atoms with Gasteiger partial charge in [-0.2, -0.15) is 13.2 Å². The lowest BCUT2D eigenvalue weighted by molar-refractivity contribution is -0.766. The summed E-state index contributed by atoms with van der Waals surface area (Å²) in [5, 5.41) is 8.68. The maximum atomic E-state index is 12.7. The fourth-order valence-electron chi connectivity index (χ4n) is 3.55. The number of fused-ring (bicyclic) bond motifs is 1. The number of anilines is 2. The highest BCUT2D eigenvalue weighted by Gasteiger charge is 2.33. The van der Waals surface area contributed by atoms with Gasteiger partial charge in [0.15, 0.2) is 6.54 Å². The van der Waals surface area contributed by atoms with Crippen LogP contribution in [0.5, 0.6) is 0 Å². The average molecular weight is 433 g/mol. The summed E-state index contributed by atoms with van der Waals surface area (Å²) in [6, 6.07) is 9.56. The number of carbonyl (C=O) groups excluding carboxylic acids is 1.